The largest absolute Gasteiger partial charge is 0.314 e. The first kappa shape index (κ1) is 9.13. The third kappa shape index (κ3) is 1.60. The summed E-state index contributed by atoms with van der Waals surface area (Å²) in [5.74, 6) is 0. The SMILES string of the molecule is C1=CC(N2CCNCC2)c2ccccc21. The van der Waals surface area contributed by atoms with Gasteiger partial charge in [-0.25, -0.2) is 0 Å². The predicted octanol–water partition coefficient (Wildman–Crippen LogP) is 1.66. The van der Waals surface area contributed by atoms with E-state index in [0.29, 0.717) is 6.04 Å². The van der Waals surface area contributed by atoms with Crippen molar-refractivity contribution in [3.8, 4) is 0 Å². The number of hydrogen-bond acceptors (Lipinski definition) is 2. The minimum absolute atomic E-state index is 0.517. The zero-order chi connectivity index (χ0) is 10.1. The van der Waals surface area contributed by atoms with Gasteiger partial charge in [0.1, 0.15) is 0 Å². The quantitative estimate of drug-likeness (QED) is 0.741. The second-order valence-electron chi connectivity index (χ2n) is 4.22. The molecule has 0 aromatic heterocycles. The lowest BCUT2D eigenvalue weighted by Gasteiger charge is -2.32. The van der Waals surface area contributed by atoms with Gasteiger partial charge in [-0.05, 0) is 11.1 Å². The van der Waals surface area contributed by atoms with Crippen molar-refractivity contribution in [1.82, 2.24) is 10.2 Å². The Morgan fingerprint density at radius 3 is 2.80 bits per heavy atom. The summed E-state index contributed by atoms with van der Waals surface area (Å²) in [6, 6.07) is 9.23. The number of benzene rings is 1. The minimum Gasteiger partial charge on any atom is -0.314 e. The van der Waals surface area contributed by atoms with Gasteiger partial charge in [-0.2, -0.15) is 0 Å². The number of nitrogens with zero attached hydrogens (tertiary/aromatic N) is 1. The summed E-state index contributed by atoms with van der Waals surface area (Å²) in [6.45, 7) is 4.55. The molecule has 2 nitrogen and oxygen atoms in total. The Morgan fingerprint density at radius 1 is 1.13 bits per heavy atom. The standard InChI is InChI=1S/C13H16N2/c1-2-4-12-11(3-1)5-6-13(12)15-9-7-14-8-10-15/h1-6,13-14H,7-10H2. The van der Waals surface area contributed by atoms with Crippen LogP contribution < -0.4 is 5.32 Å². The third-order valence-corrected chi connectivity index (χ3v) is 3.32. The van der Waals surface area contributed by atoms with E-state index in [1.807, 2.05) is 0 Å². The van der Waals surface area contributed by atoms with E-state index < -0.39 is 0 Å². The van der Waals surface area contributed by atoms with Crippen LogP contribution in [-0.4, -0.2) is 31.1 Å². The summed E-state index contributed by atoms with van der Waals surface area (Å²) in [5, 5.41) is 3.40. The molecule has 1 aliphatic heterocycles. The highest BCUT2D eigenvalue weighted by atomic mass is 15.2. The third-order valence-electron chi connectivity index (χ3n) is 3.32. The number of piperazine rings is 1. The Kier molecular flexibility index (Phi) is 2.31. The topological polar surface area (TPSA) is 15.3 Å². The van der Waals surface area contributed by atoms with E-state index in [0.717, 1.165) is 26.2 Å². The molecule has 0 spiro atoms. The molecule has 1 heterocycles. The van der Waals surface area contributed by atoms with Gasteiger partial charge in [-0.15, -0.1) is 0 Å². The second kappa shape index (κ2) is 3.80. The summed E-state index contributed by atoms with van der Waals surface area (Å²) in [7, 11) is 0. The molecule has 15 heavy (non-hydrogen) atoms. The molecule has 1 N–H and O–H groups in total. The Labute approximate surface area is 90.6 Å². The van der Waals surface area contributed by atoms with Crippen LogP contribution in [0, 0.1) is 0 Å². The van der Waals surface area contributed by atoms with Crippen molar-refractivity contribution >= 4 is 6.08 Å². The Balaban J connectivity index is 1.86. The highest BCUT2D eigenvalue weighted by Gasteiger charge is 2.24. The van der Waals surface area contributed by atoms with Crippen LogP contribution in [0.15, 0.2) is 30.3 Å². The van der Waals surface area contributed by atoms with Crippen LogP contribution >= 0.6 is 0 Å². The molecule has 0 amide bonds. The Hall–Kier alpha value is -1.12. The van der Waals surface area contributed by atoms with Gasteiger partial charge in [0.05, 0.1) is 6.04 Å². The smallest absolute Gasteiger partial charge is 0.0541 e. The summed E-state index contributed by atoms with van der Waals surface area (Å²) in [6.07, 6.45) is 4.58. The van der Waals surface area contributed by atoms with Gasteiger partial charge in [0.15, 0.2) is 0 Å². The first-order chi connectivity index (χ1) is 7.45. The molecule has 0 bridgehead atoms. The second-order valence-corrected chi connectivity index (χ2v) is 4.22. The molecule has 0 radical (unpaired) electrons. The van der Waals surface area contributed by atoms with Crippen molar-refractivity contribution in [2.24, 2.45) is 0 Å². The zero-order valence-electron chi connectivity index (χ0n) is 8.82. The van der Waals surface area contributed by atoms with Crippen LogP contribution in [0.5, 0.6) is 0 Å². The Morgan fingerprint density at radius 2 is 1.93 bits per heavy atom. The van der Waals surface area contributed by atoms with Gasteiger partial charge in [-0.3, -0.25) is 4.90 Å². The molecule has 2 aliphatic rings. The molecule has 0 saturated carbocycles. The van der Waals surface area contributed by atoms with E-state index in [1.54, 1.807) is 0 Å². The van der Waals surface area contributed by atoms with Crippen molar-refractivity contribution in [1.29, 1.82) is 0 Å². The lowest BCUT2D eigenvalue weighted by Crippen LogP contribution is -2.44. The minimum atomic E-state index is 0.517. The zero-order valence-corrected chi connectivity index (χ0v) is 8.82. The van der Waals surface area contributed by atoms with E-state index in [1.165, 1.54) is 11.1 Å². The van der Waals surface area contributed by atoms with Crippen molar-refractivity contribution in [2.75, 3.05) is 26.2 Å². The van der Waals surface area contributed by atoms with E-state index in [-0.39, 0.29) is 0 Å². The van der Waals surface area contributed by atoms with Gasteiger partial charge < -0.3 is 5.32 Å². The van der Waals surface area contributed by atoms with E-state index in [2.05, 4.69) is 46.6 Å². The highest BCUT2D eigenvalue weighted by molar-refractivity contribution is 5.61. The molecule has 1 aromatic rings. The van der Waals surface area contributed by atoms with Crippen molar-refractivity contribution in [2.45, 2.75) is 6.04 Å². The van der Waals surface area contributed by atoms with Crippen LogP contribution in [0.1, 0.15) is 17.2 Å². The van der Waals surface area contributed by atoms with E-state index in [4.69, 9.17) is 0 Å². The maximum absolute atomic E-state index is 3.40. The highest BCUT2D eigenvalue weighted by Crippen LogP contribution is 2.32. The first-order valence-corrected chi connectivity index (χ1v) is 5.67. The molecular weight excluding hydrogens is 184 g/mol. The van der Waals surface area contributed by atoms with Gasteiger partial charge >= 0.3 is 0 Å². The molecule has 1 saturated heterocycles. The van der Waals surface area contributed by atoms with E-state index >= 15 is 0 Å². The number of nitrogens with one attached hydrogen (secondary N) is 1. The van der Waals surface area contributed by atoms with Crippen LogP contribution in [-0.2, 0) is 0 Å². The van der Waals surface area contributed by atoms with Crippen LogP contribution in [0.25, 0.3) is 6.08 Å². The molecule has 2 heteroatoms. The molecule has 1 atom stereocenters. The fourth-order valence-electron chi connectivity index (χ4n) is 2.51. The number of rotatable bonds is 1. The lowest BCUT2D eigenvalue weighted by molar-refractivity contribution is 0.205. The summed E-state index contributed by atoms with van der Waals surface area (Å²) < 4.78 is 0. The number of hydrogen-bond donors (Lipinski definition) is 1. The first-order valence-electron chi connectivity index (χ1n) is 5.67. The van der Waals surface area contributed by atoms with Gasteiger partial charge in [-0.1, -0.05) is 36.4 Å². The molecule has 1 aromatic carbocycles. The molecule has 1 aliphatic carbocycles. The van der Waals surface area contributed by atoms with Crippen molar-refractivity contribution in [3.63, 3.8) is 0 Å². The average Bonchev–Trinajstić information content (AvgIpc) is 2.74. The molecular formula is C13H16N2. The predicted molar refractivity (Wildman–Crippen MR) is 62.7 cm³/mol. The molecule has 1 unspecified atom stereocenters. The van der Waals surface area contributed by atoms with Gasteiger partial charge in [0, 0.05) is 26.2 Å². The van der Waals surface area contributed by atoms with Crippen LogP contribution in [0.4, 0.5) is 0 Å². The Bertz CT molecular complexity index is 378. The maximum atomic E-state index is 3.40. The molecule has 1 fully saturated rings. The van der Waals surface area contributed by atoms with Crippen molar-refractivity contribution < 1.29 is 0 Å². The van der Waals surface area contributed by atoms with Crippen molar-refractivity contribution in [3.05, 3.63) is 41.5 Å². The molecule has 3 rings (SSSR count). The monoisotopic (exact) mass is 200 g/mol. The average molecular weight is 200 g/mol. The lowest BCUT2D eigenvalue weighted by atomic mass is 10.1. The molecule has 78 valence electrons. The summed E-state index contributed by atoms with van der Waals surface area (Å²) in [4.78, 5) is 2.55. The summed E-state index contributed by atoms with van der Waals surface area (Å²) in [5.41, 5.74) is 2.86. The van der Waals surface area contributed by atoms with Gasteiger partial charge in [0.2, 0.25) is 0 Å². The summed E-state index contributed by atoms with van der Waals surface area (Å²) >= 11 is 0. The van der Waals surface area contributed by atoms with Crippen LogP contribution in [0.3, 0.4) is 0 Å². The normalized spacial score (nSPS) is 25.5. The van der Waals surface area contributed by atoms with E-state index in [9.17, 15) is 0 Å². The fourth-order valence-corrected chi connectivity index (χ4v) is 2.51. The maximum Gasteiger partial charge on any atom is 0.0541 e. The van der Waals surface area contributed by atoms with Gasteiger partial charge in [0.25, 0.3) is 0 Å². The fraction of sp³-hybridized carbons (Fsp3) is 0.385. The van der Waals surface area contributed by atoms with Crippen LogP contribution in [0.2, 0.25) is 0 Å². The number of fused-ring (bicyclic) bond motifs is 1.